The molecule has 2 aliphatic heterocycles. The number of amides is 2. The summed E-state index contributed by atoms with van der Waals surface area (Å²) in [7, 11) is 0. The van der Waals surface area contributed by atoms with Crippen molar-refractivity contribution in [1.82, 2.24) is 9.80 Å². The Morgan fingerprint density at radius 2 is 1.17 bits per heavy atom. The molecule has 48 heavy (non-hydrogen) atoms. The molecule has 3 aromatic carbocycles. The third-order valence-corrected chi connectivity index (χ3v) is 9.22. The van der Waals surface area contributed by atoms with E-state index in [1.54, 1.807) is 18.7 Å². The normalized spacial score (nSPS) is 23.1. The molecule has 0 fully saturated rings. The first kappa shape index (κ1) is 33.9. The summed E-state index contributed by atoms with van der Waals surface area (Å²) in [5.41, 5.74) is 5.90. The van der Waals surface area contributed by atoms with Gasteiger partial charge in [-0.15, -0.1) is 24.3 Å². The molecule has 0 N–H and O–H groups in total. The summed E-state index contributed by atoms with van der Waals surface area (Å²) in [5, 5.41) is 0. The van der Waals surface area contributed by atoms with E-state index in [1.807, 2.05) is 59.5 Å². The fourth-order valence-electron chi connectivity index (χ4n) is 7.17. The van der Waals surface area contributed by atoms with Crippen LogP contribution in [0.5, 0.6) is 0 Å². The van der Waals surface area contributed by atoms with E-state index in [1.165, 1.54) is 11.1 Å². The van der Waals surface area contributed by atoms with Gasteiger partial charge in [-0.1, -0.05) is 108 Å². The van der Waals surface area contributed by atoms with Gasteiger partial charge in [-0.3, -0.25) is 19.6 Å². The van der Waals surface area contributed by atoms with Gasteiger partial charge in [0, 0.05) is 13.8 Å². The third-order valence-electron chi connectivity index (χ3n) is 9.22. The molecule has 0 radical (unpaired) electrons. The number of aliphatic imine (C=N–C) groups is 2. The minimum absolute atomic E-state index is 0.0516. The van der Waals surface area contributed by atoms with E-state index in [2.05, 4.69) is 97.4 Å². The van der Waals surface area contributed by atoms with E-state index in [0.29, 0.717) is 22.8 Å². The summed E-state index contributed by atoms with van der Waals surface area (Å²) in [6.45, 7) is 3.21. The molecule has 0 saturated carbocycles. The summed E-state index contributed by atoms with van der Waals surface area (Å²) in [4.78, 5) is 41.1. The van der Waals surface area contributed by atoms with Gasteiger partial charge < -0.3 is 9.80 Å². The zero-order chi connectivity index (χ0) is 33.6. The number of hydrogen-bond acceptors (Lipinski definition) is 4. The Morgan fingerprint density at radius 3 is 1.69 bits per heavy atom. The second-order valence-corrected chi connectivity index (χ2v) is 12.2. The van der Waals surface area contributed by atoms with Gasteiger partial charge in [0.15, 0.2) is 0 Å². The molecule has 8 heteroatoms. The van der Waals surface area contributed by atoms with Gasteiger partial charge in [0.1, 0.15) is 0 Å². The van der Waals surface area contributed by atoms with Crippen LogP contribution in [0.4, 0.5) is 0 Å². The monoisotopic (exact) mass is 790 g/mol. The molecule has 0 spiro atoms. The van der Waals surface area contributed by atoms with Gasteiger partial charge in [-0.05, 0) is 48.0 Å². The van der Waals surface area contributed by atoms with Gasteiger partial charge in [0.2, 0.25) is 11.8 Å². The molecule has 3 aromatic rings. The predicted molar refractivity (Wildman–Crippen MR) is 191 cm³/mol. The summed E-state index contributed by atoms with van der Waals surface area (Å²) in [5.74, 6) is 1.04. The second kappa shape index (κ2) is 15.5. The van der Waals surface area contributed by atoms with Crippen molar-refractivity contribution in [1.29, 1.82) is 0 Å². The maximum atomic E-state index is 13.5. The van der Waals surface area contributed by atoms with Crippen molar-refractivity contribution in [2.75, 3.05) is 0 Å². The molecule has 2 heterocycles. The average molecular weight is 792 g/mol. The van der Waals surface area contributed by atoms with E-state index >= 15 is 0 Å². The van der Waals surface area contributed by atoms with Gasteiger partial charge >= 0.3 is 30.6 Å². The first-order chi connectivity index (χ1) is 23.5. The van der Waals surface area contributed by atoms with Crippen LogP contribution in [0.15, 0.2) is 136 Å². The molecule has 2 amide bonds. The number of carbonyl (C=O) groups excluding carboxylic acids is 2. The molecule has 0 bridgehead atoms. The van der Waals surface area contributed by atoms with Crippen LogP contribution in [-0.4, -0.2) is 45.4 Å². The van der Waals surface area contributed by atoms with Gasteiger partial charge in [-0.25, -0.2) is 0 Å². The van der Waals surface area contributed by atoms with Gasteiger partial charge in [0.25, 0.3) is 0 Å². The maximum absolute atomic E-state index is 13.5. The first-order valence-electron chi connectivity index (χ1n) is 16.2. The summed E-state index contributed by atoms with van der Waals surface area (Å²) >= 11 is 5.35. The van der Waals surface area contributed by atoms with Crippen molar-refractivity contribution in [3.05, 3.63) is 155 Å². The Bertz CT molecular complexity index is 1850. The third kappa shape index (κ3) is 6.80. The molecule has 7 rings (SSSR count). The zero-order valence-corrected chi connectivity index (χ0v) is 30.0. The minimum atomic E-state index is -0.308. The fraction of sp³-hybridized carbons (Fsp3) is 0.250. The van der Waals surface area contributed by atoms with Crippen LogP contribution in [-0.2, 0) is 26.8 Å². The molecule has 4 aliphatic rings. The Morgan fingerprint density at radius 1 is 0.667 bits per heavy atom. The quantitative estimate of drug-likeness (QED) is 0.186. The number of allylic oxidation sites excluding steroid dienone is 6. The van der Waals surface area contributed by atoms with Gasteiger partial charge in [0.05, 0.1) is 35.8 Å². The number of benzene rings is 3. The van der Waals surface area contributed by atoms with Crippen molar-refractivity contribution < 1.29 is 26.8 Å². The van der Waals surface area contributed by atoms with E-state index in [0.717, 1.165) is 36.8 Å². The van der Waals surface area contributed by atoms with Crippen LogP contribution in [0.25, 0.3) is 0 Å². The standard InChI is InChI=1S/C40H37N4O2.BrH.Pd/c1-27(45)43-37(31-20-11-5-12-21-31)35(29-16-7-3-8-17-29)41-39(43)33-24-15-25-34(26-33)40-42-36(30-18-9-4-10-19-30)38(44(40)28(2)46)32-22-13-6-14-23-32;;/h3-9,11-13,15-18,20-22,24-25,35-38H,10,14,19,23H2,1-2H3;1H;/q-1;;+2/p-1/t35-,36-,37-,38-;;/m0../s1. The molecule has 0 aromatic heterocycles. The van der Waals surface area contributed by atoms with E-state index in [9.17, 15) is 9.59 Å². The number of carbonyl (C=O) groups is 2. The Kier molecular flexibility index (Phi) is 11.0. The molecule has 0 unspecified atom stereocenters. The topological polar surface area (TPSA) is 65.3 Å². The van der Waals surface area contributed by atoms with E-state index in [-0.39, 0.29) is 36.0 Å². The average Bonchev–Trinajstić information content (AvgIpc) is 3.75. The number of rotatable bonds is 6. The van der Waals surface area contributed by atoms with Crippen molar-refractivity contribution in [2.45, 2.75) is 63.7 Å². The number of halogens is 1. The van der Waals surface area contributed by atoms with Crippen molar-refractivity contribution in [3.63, 3.8) is 0 Å². The van der Waals surface area contributed by atoms with Crippen LogP contribution in [0.2, 0.25) is 0 Å². The SMILES string of the molecule is CC(=O)N1C(c2[c-]c(C3=N[C@@H](c4ccccc4)[C@H](c4ccccc4)N3C(C)=O)ccc2)=N[C@@H](C2=CC=CCC2)[C@@H]1C1=CC=CCC1.[Br][Pd+]. The zero-order valence-electron chi connectivity index (χ0n) is 26.9. The second-order valence-electron chi connectivity index (χ2n) is 12.2. The van der Waals surface area contributed by atoms with Crippen molar-refractivity contribution in [2.24, 2.45) is 9.98 Å². The Balaban J connectivity index is 0.00000197. The molecule has 4 atom stereocenters. The van der Waals surface area contributed by atoms with Crippen LogP contribution < -0.4 is 0 Å². The predicted octanol–water partition coefficient (Wildman–Crippen LogP) is 8.32. The van der Waals surface area contributed by atoms with Crippen LogP contribution in [0, 0.1) is 6.07 Å². The molecule has 0 saturated heterocycles. The summed E-state index contributed by atoms with van der Waals surface area (Å²) in [6, 6.07) is 28.7. The molecular weight excluding hydrogens is 755 g/mol. The molecule has 246 valence electrons. The molecule has 6 nitrogen and oxygen atoms in total. The van der Waals surface area contributed by atoms with E-state index in [4.69, 9.17) is 9.98 Å². The number of nitrogens with zero attached hydrogens (tertiary/aromatic N) is 4. The van der Waals surface area contributed by atoms with Crippen molar-refractivity contribution >= 4 is 36.9 Å². The number of hydrogen-bond donors (Lipinski definition) is 0. The molecule has 2 aliphatic carbocycles. The first-order valence-corrected chi connectivity index (χ1v) is 19.8. The van der Waals surface area contributed by atoms with Crippen molar-refractivity contribution in [3.8, 4) is 0 Å². The molecular formula is C40H37BrN4O2Pd. The fourth-order valence-corrected chi connectivity index (χ4v) is 7.17. The van der Waals surface area contributed by atoms with Crippen LogP contribution in [0.3, 0.4) is 0 Å². The Labute approximate surface area is 300 Å². The van der Waals surface area contributed by atoms with Crippen LogP contribution >= 0.6 is 13.4 Å². The summed E-state index contributed by atoms with van der Waals surface area (Å²) in [6.07, 6.45) is 16.6. The summed E-state index contributed by atoms with van der Waals surface area (Å²) < 4.78 is 0. The van der Waals surface area contributed by atoms with Crippen LogP contribution in [0.1, 0.15) is 73.9 Å². The van der Waals surface area contributed by atoms with E-state index < -0.39 is 0 Å². The van der Waals surface area contributed by atoms with Gasteiger partial charge in [-0.2, -0.15) is 0 Å². The Hall–Kier alpha value is -3.96. The number of amidine groups is 2.